The van der Waals surface area contributed by atoms with E-state index in [1.807, 2.05) is 12.4 Å². The second-order valence-corrected chi connectivity index (χ2v) is 7.99. The van der Waals surface area contributed by atoms with Gasteiger partial charge in [-0.3, -0.25) is 9.88 Å². The molecule has 4 rings (SSSR count). The fraction of sp³-hybridized carbons (Fsp3) is 0.348. The first-order valence-corrected chi connectivity index (χ1v) is 9.33. The van der Waals surface area contributed by atoms with Crippen LogP contribution in [0.5, 0.6) is 0 Å². The van der Waals surface area contributed by atoms with Gasteiger partial charge < -0.3 is 4.57 Å². The highest BCUT2D eigenvalue weighted by Gasteiger charge is 2.36. The monoisotopic (exact) mass is 345 g/mol. The van der Waals surface area contributed by atoms with Crippen molar-refractivity contribution in [3.63, 3.8) is 0 Å². The Labute approximate surface area is 156 Å². The standard InChI is InChI=1S/C23H27N3/c1-16-6-7-20-19(14-16)22-21(10-13-25(5)23(22,3)4)26(20)15-17(2)18-8-11-24-12-9-18/h6-9,11-12,14-15H,10,13H2,1-5H3/b17-15+. The molecule has 3 aromatic rings. The van der Waals surface area contributed by atoms with Crippen LogP contribution in [0.3, 0.4) is 0 Å². The zero-order chi connectivity index (χ0) is 18.5. The molecule has 0 unspecified atom stereocenters. The van der Waals surface area contributed by atoms with Gasteiger partial charge >= 0.3 is 0 Å². The summed E-state index contributed by atoms with van der Waals surface area (Å²) < 4.78 is 2.43. The molecule has 0 aliphatic carbocycles. The molecular weight excluding hydrogens is 318 g/mol. The smallest absolute Gasteiger partial charge is 0.0529 e. The van der Waals surface area contributed by atoms with Crippen LogP contribution < -0.4 is 0 Å². The number of likely N-dealkylation sites (N-methyl/N-ethyl adjacent to an activating group) is 1. The maximum Gasteiger partial charge on any atom is 0.0529 e. The van der Waals surface area contributed by atoms with Crippen molar-refractivity contribution in [3.8, 4) is 0 Å². The highest BCUT2D eigenvalue weighted by molar-refractivity contribution is 5.91. The third-order valence-electron chi connectivity index (χ3n) is 5.97. The number of rotatable bonds is 2. The van der Waals surface area contributed by atoms with Crippen molar-refractivity contribution in [1.29, 1.82) is 0 Å². The van der Waals surface area contributed by atoms with Gasteiger partial charge in [0.15, 0.2) is 0 Å². The molecule has 1 aromatic carbocycles. The normalized spacial score (nSPS) is 17.5. The SMILES string of the molecule is C/C(=C\n1c2c(c3cc(C)ccc31)C(C)(C)N(C)CC2)c1ccncc1. The van der Waals surface area contributed by atoms with Gasteiger partial charge in [-0.1, -0.05) is 11.6 Å². The summed E-state index contributed by atoms with van der Waals surface area (Å²) in [5.74, 6) is 0. The van der Waals surface area contributed by atoms with Gasteiger partial charge in [0, 0.05) is 53.7 Å². The van der Waals surface area contributed by atoms with E-state index in [1.165, 1.54) is 38.9 Å². The summed E-state index contributed by atoms with van der Waals surface area (Å²) >= 11 is 0. The molecule has 0 fully saturated rings. The zero-order valence-corrected chi connectivity index (χ0v) is 16.4. The molecule has 1 aliphatic rings. The molecule has 134 valence electrons. The molecule has 2 aromatic heterocycles. The van der Waals surface area contributed by atoms with Crippen LogP contribution in [0.2, 0.25) is 0 Å². The Bertz CT molecular complexity index is 993. The highest BCUT2D eigenvalue weighted by Crippen LogP contribution is 2.41. The van der Waals surface area contributed by atoms with E-state index in [0.717, 1.165) is 13.0 Å². The lowest BCUT2D eigenvalue weighted by molar-refractivity contribution is 0.144. The summed E-state index contributed by atoms with van der Waals surface area (Å²) in [6, 6.07) is 11.0. The van der Waals surface area contributed by atoms with E-state index in [-0.39, 0.29) is 5.54 Å². The highest BCUT2D eigenvalue weighted by atomic mass is 15.2. The lowest BCUT2D eigenvalue weighted by Gasteiger charge is -2.40. The molecule has 3 heterocycles. The van der Waals surface area contributed by atoms with E-state index in [4.69, 9.17) is 0 Å². The van der Waals surface area contributed by atoms with Crippen LogP contribution >= 0.6 is 0 Å². The summed E-state index contributed by atoms with van der Waals surface area (Å²) in [6.07, 6.45) is 7.09. The predicted molar refractivity (Wildman–Crippen MR) is 110 cm³/mol. The predicted octanol–water partition coefficient (Wildman–Crippen LogP) is 5.09. The molecule has 26 heavy (non-hydrogen) atoms. The van der Waals surface area contributed by atoms with Crippen molar-refractivity contribution in [3.05, 3.63) is 65.1 Å². The van der Waals surface area contributed by atoms with Crippen LogP contribution in [-0.4, -0.2) is 28.0 Å². The Morgan fingerprint density at radius 2 is 1.88 bits per heavy atom. The fourth-order valence-electron chi connectivity index (χ4n) is 4.18. The van der Waals surface area contributed by atoms with E-state index in [2.05, 4.69) is 85.7 Å². The molecule has 0 saturated carbocycles. The van der Waals surface area contributed by atoms with Gasteiger partial charge in [0.2, 0.25) is 0 Å². The maximum absolute atomic E-state index is 4.14. The molecule has 0 amide bonds. The first-order valence-electron chi connectivity index (χ1n) is 9.33. The summed E-state index contributed by atoms with van der Waals surface area (Å²) in [6.45, 7) is 10.1. The van der Waals surface area contributed by atoms with Gasteiger partial charge in [-0.25, -0.2) is 0 Å². The first-order chi connectivity index (χ1) is 12.4. The van der Waals surface area contributed by atoms with Crippen molar-refractivity contribution in [2.24, 2.45) is 0 Å². The van der Waals surface area contributed by atoms with Crippen LogP contribution in [0.25, 0.3) is 22.7 Å². The van der Waals surface area contributed by atoms with E-state index >= 15 is 0 Å². The van der Waals surface area contributed by atoms with Gasteiger partial charge in [-0.05, 0) is 70.1 Å². The number of aryl methyl sites for hydroxylation is 1. The summed E-state index contributed by atoms with van der Waals surface area (Å²) in [4.78, 5) is 6.62. The molecule has 0 radical (unpaired) electrons. The number of fused-ring (bicyclic) bond motifs is 3. The van der Waals surface area contributed by atoms with E-state index in [0.29, 0.717) is 0 Å². The molecule has 1 aliphatic heterocycles. The summed E-state index contributed by atoms with van der Waals surface area (Å²) in [7, 11) is 2.24. The van der Waals surface area contributed by atoms with Gasteiger partial charge in [-0.15, -0.1) is 0 Å². The van der Waals surface area contributed by atoms with Crippen LogP contribution in [0.4, 0.5) is 0 Å². The van der Waals surface area contributed by atoms with Gasteiger partial charge in [0.25, 0.3) is 0 Å². The number of benzene rings is 1. The number of pyridine rings is 1. The van der Waals surface area contributed by atoms with E-state index < -0.39 is 0 Å². The average molecular weight is 345 g/mol. The first kappa shape index (κ1) is 17.0. The lowest BCUT2D eigenvalue weighted by atomic mass is 9.85. The van der Waals surface area contributed by atoms with Crippen LogP contribution in [0.1, 0.15) is 43.2 Å². The fourth-order valence-corrected chi connectivity index (χ4v) is 4.18. The number of hydrogen-bond acceptors (Lipinski definition) is 2. The maximum atomic E-state index is 4.14. The quantitative estimate of drug-likeness (QED) is 0.645. The second-order valence-electron chi connectivity index (χ2n) is 7.99. The topological polar surface area (TPSA) is 21.1 Å². The van der Waals surface area contributed by atoms with Crippen molar-refractivity contribution >= 4 is 22.7 Å². The molecule has 0 spiro atoms. The lowest BCUT2D eigenvalue weighted by Crippen LogP contribution is -2.44. The van der Waals surface area contributed by atoms with Gasteiger partial charge in [-0.2, -0.15) is 0 Å². The van der Waals surface area contributed by atoms with E-state index in [9.17, 15) is 0 Å². The summed E-state index contributed by atoms with van der Waals surface area (Å²) in [5.41, 5.74) is 8.04. The molecule has 0 atom stereocenters. The Morgan fingerprint density at radius 1 is 1.15 bits per heavy atom. The van der Waals surface area contributed by atoms with Crippen molar-refractivity contribution in [2.45, 2.75) is 39.7 Å². The van der Waals surface area contributed by atoms with Gasteiger partial charge in [0.05, 0.1) is 5.52 Å². The van der Waals surface area contributed by atoms with Crippen molar-refractivity contribution in [2.75, 3.05) is 13.6 Å². The van der Waals surface area contributed by atoms with Gasteiger partial charge in [0.1, 0.15) is 0 Å². The second kappa shape index (κ2) is 6.10. The van der Waals surface area contributed by atoms with Crippen LogP contribution in [0, 0.1) is 6.92 Å². The Kier molecular flexibility index (Phi) is 4.00. The molecule has 0 saturated heterocycles. The van der Waals surface area contributed by atoms with Crippen molar-refractivity contribution in [1.82, 2.24) is 14.5 Å². The minimum atomic E-state index is 0.0310. The minimum Gasteiger partial charge on any atom is -0.320 e. The average Bonchev–Trinajstić information content (AvgIpc) is 2.93. The third-order valence-corrected chi connectivity index (χ3v) is 5.97. The Balaban J connectivity index is 2.00. The molecule has 0 N–H and O–H groups in total. The molecule has 3 heteroatoms. The zero-order valence-electron chi connectivity index (χ0n) is 16.4. The number of hydrogen-bond donors (Lipinski definition) is 0. The molecular formula is C23H27N3. The molecule has 3 nitrogen and oxygen atoms in total. The number of aromatic nitrogens is 2. The summed E-state index contributed by atoms with van der Waals surface area (Å²) in [5, 5.41) is 1.38. The minimum absolute atomic E-state index is 0.0310. The number of nitrogens with zero attached hydrogens (tertiary/aromatic N) is 3. The third kappa shape index (κ3) is 2.58. The van der Waals surface area contributed by atoms with Crippen LogP contribution in [0.15, 0.2) is 42.7 Å². The number of allylic oxidation sites excluding steroid dienone is 1. The van der Waals surface area contributed by atoms with E-state index in [1.54, 1.807) is 0 Å². The Morgan fingerprint density at radius 3 is 2.62 bits per heavy atom. The largest absolute Gasteiger partial charge is 0.320 e. The van der Waals surface area contributed by atoms with Crippen LogP contribution in [-0.2, 0) is 12.0 Å². The van der Waals surface area contributed by atoms with Crippen molar-refractivity contribution < 1.29 is 0 Å². The Hall–Kier alpha value is -2.39. The molecule has 0 bridgehead atoms.